The Balaban J connectivity index is 2.64. The van der Waals surface area contributed by atoms with Gasteiger partial charge in [-0.1, -0.05) is 25.4 Å². The zero-order valence-corrected chi connectivity index (χ0v) is 14.0. The second-order valence-electron chi connectivity index (χ2n) is 5.05. The molecule has 0 aliphatic rings. The third-order valence-electron chi connectivity index (χ3n) is 2.70. The first-order valence-electron chi connectivity index (χ1n) is 6.23. The normalized spacial score (nSPS) is 12.1. The van der Waals surface area contributed by atoms with Crippen molar-refractivity contribution in [2.24, 2.45) is 5.92 Å². The summed E-state index contributed by atoms with van der Waals surface area (Å²) >= 11 is 6.14. The Hall–Kier alpha value is -1.18. The van der Waals surface area contributed by atoms with Crippen molar-refractivity contribution in [2.45, 2.75) is 32.1 Å². The van der Waals surface area contributed by atoms with Gasteiger partial charge < -0.3 is 0 Å². The van der Waals surface area contributed by atoms with Crippen molar-refractivity contribution in [3.63, 3.8) is 0 Å². The average Bonchev–Trinajstić information content (AvgIpc) is 2.66. The fraction of sp³-hybridized carbons (Fsp3) is 0.417. The van der Waals surface area contributed by atoms with E-state index in [9.17, 15) is 8.42 Å². The van der Waals surface area contributed by atoms with Gasteiger partial charge in [-0.2, -0.15) is 10.2 Å². The van der Waals surface area contributed by atoms with Gasteiger partial charge in [0, 0.05) is 10.7 Å². The van der Waals surface area contributed by atoms with Crippen LogP contribution in [0, 0.1) is 12.8 Å². The van der Waals surface area contributed by atoms with Crippen molar-refractivity contribution in [2.75, 3.05) is 0 Å². The number of aromatic nitrogens is 4. The van der Waals surface area contributed by atoms with Gasteiger partial charge in [0.15, 0.2) is 11.0 Å². The molecular formula is C12H14Cl2N4O2S. The smallest absolute Gasteiger partial charge is 0.207 e. The predicted octanol–water partition coefficient (Wildman–Crippen LogP) is 2.75. The van der Waals surface area contributed by atoms with Gasteiger partial charge in [-0.15, -0.1) is 5.10 Å². The molecule has 0 amide bonds. The van der Waals surface area contributed by atoms with Gasteiger partial charge >= 0.3 is 0 Å². The summed E-state index contributed by atoms with van der Waals surface area (Å²) in [5.41, 5.74) is 1.06. The van der Waals surface area contributed by atoms with Crippen LogP contribution < -0.4 is 0 Å². The van der Waals surface area contributed by atoms with E-state index in [0.717, 1.165) is 5.69 Å². The van der Waals surface area contributed by atoms with Crippen LogP contribution in [-0.2, 0) is 15.5 Å². The van der Waals surface area contributed by atoms with Gasteiger partial charge in [0.05, 0.1) is 11.4 Å². The molecule has 0 aliphatic heterocycles. The number of hydrogen-bond donors (Lipinski definition) is 0. The maximum atomic E-state index is 11.7. The highest BCUT2D eigenvalue weighted by molar-refractivity contribution is 8.13. The summed E-state index contributed by atoms with van der Waals surface area (Å²) < 4.78 is 24.7. The minimum absolute atomic E-state index is 0.0844. The Bertz CT molecular complexity index is 754. The number of halogens is 2. The minimum atomic E-state index is -4.00. The summed E-state index contributed by atoms with van der Waals surface area (Å²) in [4.78, 5) is -0.165. The molecule has 2 rings (SSSR count). The van der Waals surface area contributed by atoms with Gasteiger partial charge in [0.2, 0.25) is 0 Å². The molecule has 0 radical (unpaired) electrons. The van der Waals surface area contributed by atoms with Crippen molar-refractivity contribution in [1.82, 2.24) is 20.0 Å². The fourth-order valence-electron chi connectivity index (χ4n) is 1.84. The summed E-state index contributed by atoms with van der Waals surface area (Å²) in [6, 6.07) is 3.39. The second-order valence-corrected chi connectivity index (χ2v) is 7.91. The molecule has 0 saturated heterocycles. The molecule has 0 atom stereocenters. The van der Waals surface area contributed by atoms with E-state index in [1.54, 1.807) is 19.1 Å². The molecule has 0 fully saturated rings. The molecule has 0 N–H and O–H groups in total. The minimum Gasteiger partial charge on any atom is -0.207 e. The largest absolute Gasteiger partial charge is 0.266 e. The van der Waals surface area contributed by atoms with Crippen molar-refractivity contribution in [3.05, 3.63) is 28.7 Å². The Morgan fingerprint density at radius 1 is 1.29 bits per heavy atom. The molecule has 0 aliphatic carbocycles. The third kappa shape index (κ3) is 3.53. The lowest BCUT2D eigenvalue weighted by Crippen LogP contribution is -2.03. The van der Waals surface area contributed by atoms with Crippen LogP contribution in [-0.4, -0.2) is 28.4 Å². The summed E-state index contributed by atoms with van der Waals surface area (Å²) in [6.07, 6.45) is 0.438. The summed E-state index contributed by atoms with van der Waals surface area (Å²) in [5, 5.41) is 12.0. The van der Waals surface area contributed by atoms with Gasteiger partial charge in [-0.05, 0) is 31.4 Å². The van der Waals surface area contributed by atoms with Gasteiger partial charge in [0.1, 0.15) is 4.90 Å². The molecule has 6 nitrogen and oxygen atoms in total. The molecule has 114 valence electrons. The molecule has 0 bridgehead atoms. The van der Waals surface area contributed by atoms with Crippen LogP contribution in [0.4, 0.5) is 0 Å². The molecule has 21 heavy (non-hydrogen) atoms. The lowest BCUT2D eigenvalue weighted by Gasteiger charge is -2.02. The van der Waals surface area contributed by atoms with Crippen LogP contribution in [0.3, 0.4) is 0 Å². The molecule has 0 unspecified atom stereocenters. The maximum Gasteiger partial charge on any atom is 0.266 e. The van der Waals surface area contributed by atoms with Crippen molar-refractivity contribution in [3.8, 4) is 5.82 Å². The number of aryl methyl sites for hydroxylation is 1. The van der Waals surface area contributed by atoms with Crippen molar-refractivity contribution in [1.29, 1.82) is 0 Å². The van der Waals surface area contributed by atoms with E-state index in [4.69, 9.17) is 22.3 Å². The van der Waals surface area contributed by atoms with Crippen LogP contribution in [0.15, 0.2) is 17.0 Å². The van der Waals surface area contributed by atoms with E-state index in [2.05, 4.69) is 15.3 Å². The molecule has 0 aromatic carbocycles. The maximum absolute atomic E-state index is 11.7. The van der Waals surface area contributed by atoms with Gasteiger partial charge in [0.25, 0.3) is 9.05 Å². The predicted molar refractivity (Wildman–Crippen MR) is 80.5 cm³/mol. The summed E-state index contributed by atoms with van der Waals surface area (Å²) in [7, 11) is 1.48. The quantitative estimate of drug-likeness (QED) is 0.793. The van der Waals surface area contributed by atoms with Crippen LogP contribution in [0.1, 0.15) is 25.2 Å². The lowest BCUT2D eigenvalue weighted by molar-refractivity contribution is 0.600. The highest BCUT2D eigenvalue weighted by Crippen LogP contribution is 2.31. The Kier molecular flexibility index (Phi) is 4.55. The van der Waals surface area contributed by atoms with E-state index >= 15 is 0 Å². The number of hydrogen-bond acceptors (Lipinski definition) is 5. The second kappa shape index (κ2) is 5.90. The lowest BCUT2D eigenvalue weighted by atomic mass is 10.1. The van der Waals surface area contributed by atoms with Crippen LogP contribution in [0.25, 0.3) is 5.82 Å². The summed E-state index contributed by atoms with van der Waals surface area (Å²) in [6.45, 7) is 5.69. The topological polar surface area (TPSA) is 77.7 Å². The van der Waals surface area contributed by atoms with Gasteiger partial charge in [-0.3, -0.25) is 0 Å². The zero-order valence-electron chi connectivity index (χ0n) is 11.7. The first-order valence-corrected chi connectivity index (χ1v) is 8.91. The van der Waals surface area contributed by atoms with E-state index in [1.807, 2.05) is 13.8 Å². The van der Waals surface area contributed by atoms with E-state index in [-0.39, 0.29) is 16.0 Å². The van der Waals surface area contributed by atoms with Crippen LogP contribution >= 0.6 is 22.3 Å². The third-order valence-corrected chi connectivity index (χ3v) is 4.54. The monoisotopic (exact) mass is 348 g/mol. The van der Waals surface area contributed by atoms with Gasteiger partial charge in [-0.25, -0.2) is 13.1 Å². The molecular weight excluding hydrogens is 335 g/mol. The van der Waals surface area contributed by atoms with E-state index in [1.165, 1.54) is 4.68 Å². The molecule has 9 heteroatoms. The number of rotatable bonds is 4. The molecule has 2 aromatic rings. The Morgan fingerprint density at radius 2 is 1.95 bits per heavy atom. The van der Waals surface area contributed by atoms with E-state index in [0.29, 0.717) is 17.9 Å². The Labute approximate surface area is 132 Å². The molecule has 2 aromatic heterocycles. The number of nitrogens with zero attached hydrogens (tertiary/aromatic N) is 4. The van der Waals surface area contributed by atoms with Crippen molar-refractivity contribution >= 4 is 31.3 Å². The Morgan fingerprint density at radius 3 is 2.43 bits per heavy atom. The molecule has 2 heterocycles. The highest BCUT2D eigenvalue weighted by atomic mass is 35.7. The summed E-state index contributed by atoms with van der Waals surface area (Å²) in [5.74, 6) is 0.535. The average molecular weight is 349 g/mol. The molecule has 0 saturated carbocycles. The highest BCUT2D eigenvalue weighted by Gasteiger charge is 2.27. The zero-order chi connectivity index (χ0) is 15.8. The standard InChI is InChI=1S/C12H14Cl2N4O2S/c1-7(2)6-9-11(21(14,19)20)12(13)18(17-9)10-5-4-8(3)15-16-10/h4-5,7H,6H2,1-3H3. The first kappa shape index (κ1) is 16.2. The first-order chi connectivity index (χ1) is 9.70. The van der Waals surface area contributed by atoms with E-state index < -0.39 is 9.05 Å². The SMILES string of the molecule is Cc1ccc(-n2nc(CC(C)C)c(S(=O)(=O)Cl)c2Cl)nn1. The fourth-order valence-corrected chi connectivity index (χ4v) is 3.68. The van der Waals surface area contributed by atoms with Crippen LogP contribution in [0.2, 0.25) is 5.15 Å². The van der Waals surface area contributed by atoms with Crippen LogP contribution in [0.5, 0.6) is 0 Å². The van der Waals surface area contributed by atoms with Crippen molar-refractivity contribution < 1.29 is 8.42 Å². The molecule has 0 spiro atoms.